The Kier molecular flexibility index (Phi) is 6.90. The fourth-order valence-corrected chi connectivity index (χ4v) is 2.82. The van der Waals surface area contributed by atoms with Crippen LogP contribution in [0.15, 0.2) is 17.2 Å². The molecule has 0 unspecified atom stereocenters. The summed E-state index contributed by atoms with van der Waals surface area (Å²) in [6.45, 7) is 6.65. The van der Waals surface area contributed by atoms with Crippen LogP contribution in [-0.2, 0) is 4.74 Å². The van der Waals surface area contributed by atoms with E-state index in [0.29, 0.717) is 18.2 Å². The number of hydrogen-bond acceptors (Lipinski definition) is 7. The summed E-state index contributed by atoms with van der Waals surface area (Å²) in [5.41, 5.74) is 2.34. The van der Waals surface area contributed by atoms with Crippen molar-refractivity contribution in [3.63, 3.8) is 0 Å². The molecule has 1 amide bonds. The molecule has 0 saturated carbocycles. The first-order valence-electron chi connectivity index (χ1n) is 8.88. The number of benzene rings is 1. The molecule has 0 radical (unpaired) electrons. The van der Waals surface area contributed by atoms with Gasteiger partial charge in [0.05, 0.1) is 6.21 Å². The number of phenols is 3. The highest BCUT2D eigenvalue weighted by atomic mass is 32.1. The van der Waals surface area contributed by atoms with Gasteiger partial charge in [0.15, 0.2) is 16.6 Å². The highest BCUT2D eigenvalue weighted by Gasteiger charge is 2.27. The molecule has 10 heteroatoms. The third kappa shape index (κ3) is 6.15. The number of amides is 1. The number of hydrazone groups is 1. The van der Waals surface area contributed by atoms with Gasteiger partial charge in [0.25, 0.3) is 0 Å². The Morgan fingerprint density at radius 3 is 2.50 bits per heavy atom. The molecule has 1 fully saturated rings. The van der Waals surface area contributed by atoms with Crippen LogP contribution in [0.5, 0.6) is 17.2 Å². The van der Waals surface area contributed by atoms with Crippen molar-refractivity contribution in [3.8, 4) is 17.2 Å². The lowest BCUT2D eigenvalue weighted by Gasteiger charge is -2.34. The first-order chi connectivity index (χ1) is 13.1. The number of likely N-dealkylation sites (tertiary alicyclic amines) is 1. The largest absolute Gasteiger partial charge is 0.504 e. The quantitative estimate of drug-likeness (QED) is 0.222. The maximum absolute atomic E-state index is 12.1. The van der Waals surface area contributed by atoms with Crippen molar-refractivity contribution in [2.24, 2.45) is 5.10 Å². The molecule has 1 heterocycles. The lowest BCUT2D eigenvalue weighted by atomic mass is 10.1. The van der Waals surface area contributed by atoms with E-state index in [0.717, 1.165) is 12.8 Å². The SMILES string of the molecule is CC(C)(C)OC(=O)N1CCC(NC(=S)NN=Cc2ccc(O)c(O)c2O)CC1. The number of aromatic hydroxyl groups is 3. The molecule has 1 aliphatic heterocycles. The Labute approximate surface area is 169 Å². The van der Waals surface area contributed by atoms with E-state index < -0.39 is 22.8 Å². The van der Waals surface area contributed by atoms with Crippen LogP contribution in [0.2, 0.25) is 0 Å². The zero-order valence-electron chi connectivity index (χ0n) is 16.1. The van der Waals surface area contributed by atoms with Gasteiger partial charge in [-0.2, -0.15) is 5.10 Å². The average Bonchev–Trinajstić information content (AvgIpc) is 2.61. The number of nitrogens with zero attached hydrogens (tertiary/aromatic N) is 2. The minimum atomic E-state index is -0.610. The van der Waals surface area contributed by atoms with Crippen LogP contribution in [0.1, 0.15) is 39.2 Å². The second kappa shape index (κ2) is 8.96. The van der Waals surface area contributed by atoms with Gasteiger partial charge in [0.1, 0.15) is 5.60 Å². The second-order valence-electron chi connectivity index (χ2n) is 7.46. The maximum Gasteiger partial charge on any atom is 0.410 e. The van der Waals surface area contributed by atoms with Gasteiger partial charge in [-0.1, -0.05) is 0 Å². The van der Waals surface area contributed by atoms with Crippen LogP contribution in [0.25, 0.3) is 0 Å². The number of rotatable bonds is 3. The second-order valence-corrected chi connectivity index (χ2v) is 7.86. The summed E-state index contributed by atoms with van der Waals surface area (Å²) in [5, 5.41) is 35.8. The smallest absolute Gasteiger partial charge is 0.410 e. The van der Waals surface area contributed by atoms with Gasteiger partial charge in [0, 0.05) is 24.7 Å². The fraction of sp³-hybridized carbons (Fsp3) is 0.500. The number of thiocarbonyl (C=S) groups is 1. The molecule has 1 saturated heterocycles. The van der Waals surface area contributed by atoms with Crippen molar-refractivity contribution < 1.29 is 24.9 Å². The molecule has 154 valence electrons. The number of ether oxygens (including phenoxy) is 1. The normalized spacial score (nSPS) is 15.5. The molecular weight excluding hydrogens is 384 g/mol. The first-order valence-corrected chi connectivity index (χ1v) is 9.29. The molecule has 9 nitrogen and oxygen atoms in total. The van der Waals surface area contributed by atoms with E-state index in [9.17, 15) is 20.1 Å². The number of hydrogen-bond donors (Lipinski definition) is 5. The monoisotopic (exact) mass is 410 g/mol. The van der Waals surface area contributed by atoms with Crippen LogP contribution in [0.3, 0.4) is 0 Å². The van der Waals surface area contributed by atoms with Gasteiger partial charge in [-0.25, -0.2) is 4.79 Å². The molecule has 0 aliphatic carbocycles. The van der Waals surface area contributed by atoms with Gasteiger partial charge < -0.3 is 30.3 Å². The Morgan fingerprint density at radius 1 is 1.25 bits per heavy atom. The Hall–Kier alpha value is -2.75. The molecule has 1 aromatic carbocycles. The van der Waals surface area contributed by atoms with Crippen molar-refractivity contribution in [2.75, 3.05) is 13.1 Å². The fourth-order valence-electron chi connectivity index (χ4n) is 2.60. The zero-order valence-corrected chi connectivity index (χ0v) is 16.9. The highest BCUT2D eigenvalue weighted by molar-refractivity contribution is 7.80. The van der Waals surface area contributed by atoms with E-state index in [1.165, 1.54) is 18.3 Å². The zero-order chi connectivity index (χ0) is 20.9. The number of nitrogens with one attached hydrogen (secondary N) is 2. The third-order valence-corrected chi connectivity index (χ3v) is 4.22. The molecule has 2 rings (SSSR count). The van der Waals surface area contributed by atoms with Crippen LogP contribution in [0.4, 0.5) is 4.79 Å². The lowest BCUT2D eigenvalue weighted by molar-refractivity contribution is 0.0202. The first kappa shape index (κ1) is 21.5. The number of phenolic OH excluding ortho intramolecular Hbond substituents is 3. The van der Waals surface area contributed by atoms with E-state index in [2.05, 4.69) is 15.8 Å². The average molecular weight is 410 g/mol. The molecule has 1 aromatic rings. The molecule has 1 aliphatic rings. The van der Waals surface area contributed by atoms with Crippen molar-refractivity contribution in [2.45, 2.75) is 45.3 Å². The number of carbonyl (C=O) groups excluding carboxylic acids is 1. The van der Waals surface area contributed by atoms with E-state index >= 15 is 0 Å². The van der Waals surface area contributed by atoms with Gasteiger partial charge in [-0.3, -0.25) is 5.43 Å². The molecule has 0 aromatic heterocycles. The Balaban J connectivity index is 1.77. The van der Waals surface area contributed by atoms with Gasteiger partial charge in [-0.15, -0.1) is 0 Å². The predicted octanol–water partition coefficient (Wildman–Crippen LogP) is 2.00. The van der Waals surface area contributed by atoms with E-state index in [1.807, 2.05) is 20.8 Å². The molecule has 28 heavy (non-hydrogen) atoms. The summed E-state index contributed by atoms with van der Waals surface area (Å²) in [6.07, 6.45) is 2.40. The predicted molar refractivity (Wildman–Crippen MR) is 109 cm³/mol. The van der Waals surface area contributed by atoms with Crippen LogP contribution < -0.4 is 10.7 Å². The van der Waals surface area contributed by atoms with Crippen molar-refractivity contribution in [1.82, 2.24) is 15.6 Å². The van der Waals surface area contributed by atoms with Crippen molar-refractivity contribution >= 4 is 29.6 Å². The van der Waals surface area contributed by atoms with Crippen LogP contribution >= 0.6 is 12.2 Å². The van der Waals surface area contributed by atoms with Gasteiger partial charge >= 0.3 is 6.09 Å². The molecule has 0 atom stereocenters. The summed E-state index contributed by atoms with van der Waals surface area (Å²) in [7, 11) is 0. The van der Waals surface area contributed by atoms with Crippen LogP contribution in [0, 0.1) is 0 Å². The molecule has 0 bridgehead atoms. The van der Waals surface area contributed by atoms with Crippen LogP contribution in [-0.4, -0.2) is 62.4 Å². The van der Waals surface area contributed by atoms with E-state index in [1.54, 1.807) is 4.90 Å². The summed E-state index contributed by atoms with van der Waals surface area (Å²) in [6, 6.07) is 2.74. The molecular formula is C18H26N4O5S. The van der Waals surface area contributed by atoms with Gasteiger partial charge in [0.2, 0.25) is 5.75 Å². The minimum absolute atomic E-state index is 0.0972. The molecule has 5 N–H and O–H groups in total. The van der Waals surface area contributed by atoms with E-state index in [4.69, 9.17) is 17.0 Å². The molecule has 0 spiro atoms. The summed E-state index contributed by atoms with van der Waals surface area (Å²) < 4.78 is 5.37. The van der Waals surface area contributed by atoms with Crippen molar-refractivity contribution in [3.05, 3.63) is 17.7 Å². The number of carbonyl (C=O) groups is 1. The van der Waals surface area contributed by atoms with E-state index in [-0.39, 0.29) is 17.7 Å². The maximum atomic E-state index is 12.1. The summed E-state index contributed by atoms with van der Waals surface area (Å²) >= 11 is 5.19. The Morgan fingerprint density at radius 2 is 1.89 bits per heavy atom. The third-order valence-electron chi connectivity index (χ3n) is 4.01. The Bertz CT molecular complexity index is 755. The standard InChI is InChI=1S/C18H26N4O5S/c1-18(2,3)27-17(26)22-8-6-12(7-9-22)20-16(28)21-19-10-11-4-5-13(23)15(25)14(11)24/h4-5,10,12,23-25H,6-9H2,1-3H3,(H2,20,21,28). The lowest BCUT2D eigenvalue weighted by Crippen LogP contribution is -2.49. The minimum Gasteiger partial charge on any atom is -0.504 e. The highest BCUT2D eigenvalue weighted by Crippen LogP contribution is 2.36. The van der Waals surface area contributed by atoms with Crippen molar-refractivity contribution in [1.29, 1.82) is 0 Å². The van der Waals surface area contributed by atoms with Gasteiger partial charge in [-0.05, 0) is 58.0 Å². The number of piperidine rings is 1. The topological polar surface area (TPSA) is 127 Å². The summed E-state index contributed by atoms with van der Waals surface area (Å²) in [5.74, 6) is -1.50. The summed E-state index contributed by atoms with van der Waals surface area (Å²) in [4.78, 5) is 13.7.